The summed E-state index contributed by atoms with van der Waals surface area (Å²) in [4.78, 5) is 6.96. The van der Waals surface area contributed by atoms with Gasteiger partial charge in [0.05, 0.1) is 17.6 Å². The molecule has 1 N–H and O–H groups in total. The molecule has 20 heavy (non-hydrogen) atoms. The van der Waals surface area contributed by atoms with Gasteiger partial charge in [0, 0.05) is 19.1 Å². The number of rotatable bonds is 6. The molecule has 0 aliphatic carbocycles. The second-order valence-corrected chi connectivity index (χ2v) is 6.61. The van der Waals surface area contributed by atoms with Crippen molar-refractivity contribution in [3.63, 3.8) is 0 Å². The van der Waals surface area contributed by atoms with Crippen LogP contribution in [0.2, 0.25) is 0 Å². The molecule has 0 spiro atoms. The van der Waals surface area contributed by atoms with Gasteiger partial charge in [-0.2, -0.15) is 0 Å². The molecule has 0 aliphatic heterocycles. The second kappa shape index (κ2) is 7.07. The van der Waals surface area contributed by atoms with Crippen LogP contribution in [-0.2, 0) is 0 Å². The lowest BCUT2D eigenvalue weighted by molar-refractivity contribution is 0.329. The highest BCUT2D eigenvalue weighted by atomic mass is 15.1. The SMILES string of the molecule is CCNC(CC)c1ccc(N(C)C(C)C(C)(C)C)cn1. The number of hydrogen-bond acceptors (Lipinski definition) is 3. The van der Waals surface area contributed by atoms with Crippen molar-refractivity contribution in [3.05, 3.63) is 24.0 Å². The zero-order chi connectivity index (χ0) is 15.3. The van der Waals surface area contributed by atoms with Crippen molar-refractivity contribution < 1.29 is 0 Å². The molecule has 0 bridgehead atoms. The van der Waals surface area contributed by atoms with Gasteiger partial charge in [-0.25, -0.2) is 0 Å². The zero-order valence-electron chi connectivity index (χ0n) is 14.2. The quantitative estimate of drug-likeness (QED) is 0.851. The van der Waals surface area contributed by atoms with E-state index in [1.165, 1.54) is 5.69 Å². The maximum Gasteiger partial charge on any atom is 0.0574 e. The molecule has 0 amide bonds. The molecule has 0 radical (unpaired) electrons. The van der Waals surface area contributed by atoms with Crippen molar-refractivity contribution in [2.24, 2.45) is 5.41 Å². The Kier molecular flexibility index (Phi) is 6.00. The van der Waals surface area contributed by atoms with Gasteiger partial charge in [-0.05, 0) is 37.4 Å². The van der Waals surface area contributed by atoms with Gasteiger partial charge in [-0.15, -0.1) is 0 Å². The second-order valence-electron chi connectivity index (χ2n) is 6.61. The van der Waals surface area contributed by atoms with Crippen molar-refractivity contribution in [1.82, 2.24) is 10.3 Å². The zero-order valence-corrected chi connectivity index (χ0v) is 14.2. The summed E-state index contributed by atoms with van der Waals surface area (Å²) in [6.45, 7) is 14.4. The number of anilines is 1. The third-order valence-electron chi connectivity index (χ3n) is 4.23. The first kappa shape index (κ1) is 17.0. The van der Waals surface area contributed by atoms with E-state index >= 15 is 0 Å². The predicted octanol–water partition coefficient (Wildman–Crippen LogP) is 4.01. The summed E-state index contributed by atoms with van der Waals surface area (Å²) in [5, 5.41) is 3.47. The third kappa shape index (κ3) is 4.20. The lowest BCUT2D eigenvalue weighted by Crippen LogP contribution is -2.39. The molecule has 0 aliphatic rings. The summed E-state index contributed by atoms with van der Waals surface area (Å²) < 4.78 is 0. The van der Waals surface area contributed by atoms with Crippen molar-refractivity contribution >= 4 is 5.69 Å². The normalized spacial score (nSPS) is 14.9. The smallest absolute Gasteiger partial charge is 0.0574 e. The van der Waals surface area contributed by atoms with Crippen LogP contribution in [0, 0.1) is 5.41 Å². The summed E-state index contributed by atoms with van der Waals surface area (Å²) in [6, 6.07) is 5.16. The highest BCUT2D eigenvalue weighted by Crippen LogP contribution is 2.27. The van der Waals surface area contributed by atoms with Crippen molar-refractivity contribution in [3.8, 4) is 0 Å². The molecule has 0 aromatic carbocycles. The molecule has 1 aromatic heterocycles. The molecule has 0 saturated carbocycles. The van der Waals surface area contributed by atoms with E-state index in [-0.39, 0.29) is 5.41 Å². The van der Waals surface area contributed by atoms with Crippen LogP contribution in [0.25, 0.3) is 0 Å². The minimum Gasteiger partial charge on any atom is -0.370 e. The van der Waals surface area contributed by atoms with Crippen LogP contribution in [0.4, 0.5) is 5.69 Å². The molecule has 2 unspecified atom stereocenters. The van der Waals surface area contributed by atoms with Crippen LogP contribution >= 0.6 is 0 Å². The summed E-state index contributed by atoms with van der Waals surface area (Å²) in [6.07, 6.45) is 3.06. The Morgan fingerprint density at radius 1 is 1.25 bits per heavy atom. The Morgan fingerprint density at radius 2 is 1.90 bits per heavy atom. The molecule has 1 heterocycles. The van der Waals surface area contributed by atoms with Crippen LogP contribution in [-0.4, -0.2) is 24.6 Å². The maximum atomic E-state index is 4.65. The standard InChI is InChI=1S/C17H31N3/c1-8-15(18-9-2)16-11-10-14(12-19-16)20(7)13(3)17(4,5)6/h10-13,15,18H,8-9H2,1-7H3. The summed E-state index contributed by atoms with van der Waals surface area (Å²) in [7, 11) is 2.15. The van der Waals surface area contributed by atoms with E-state index in [1.807, 2.05) is 6.20 Å². The molecule has 0 saturated heterocycles. The maximum absolute atomic E-state index is 4.65. The van der Waals surface area contributed by atoms with Gasteiger partial charge in [0.1, 0.15) is 0 Å². The van der Waals surface area contributed by atoms with Gasteiger partial charge < -0.3 is 10.2 Å². The highest BCUT2D eigenvalue weighted by Gasteiger charge is 2.24. The largest absolute Gasteiger partial charge is 0.370 e. The Morgan fingerprint density at radius 3 is 2.30 bits per heavy atom. The van der Waals surface area contributed by atoms with E-state index in [0.29, 0.717) is 12.1 Å². The van der Waals surface area contributed by atoms with Crippen molar-refractivity contribution in [2.45, 2.75) is 60.0 Å². The molecule has 3 heteroatoms. The Labute approximate surface area is 124 Å². The van der Waals surface area contributed by atoms with Crippen molar-refractivity contribution in [2.75, 3.05) is 18.5 Å². The molecule has 2 atom stereocenters. The van der Waals surface area contributed by atoms with Gasteiger partial charge in [-0.1, -0.05) is 34.6 Å². The fourth-order valence-corrected chi connectivity index (χ4v) is 2.32. The third-order valence-corrected chi connectivity index (χ3v) is 4.23. The van der Waals surface area contributed by atoms with Gasteiger partial charge in [0.2, 0.25) is 0 Å². The van der Waals surface area contributed by atoms with E-state index in [0.717, 1.165) is 18.7 Å². The monoisotopic (exact) mass is 277 g/mol. The summed E-state index contributed by atoms with van der Waals surface area (Å²) >= 11 is 0. The Hall–Kier alpha value is -1.09. The molecule has 0 fully saturated rings. The van der Waals surface area contributed by atoms with Crippen LogP contribution < -0.4 is 10.2 Å². The minimum absolute atomic E-state index is 0.253. The van der Waals surface area contributed by atoms with Gasteiger partial charge in [-0.3, -0.25) is 4.98 Å². The fraction of sp³-hybridized carbons (Fsp3) is 0.706. The van der Waals surface area contributed by atoms with Crippen LogP contribution in [0.3, 0.4) is 0 Å². The average Bonchev–Trinajstić information content (AvgIpc) is 2.42. The minimum atomic E-state index is 0.253. The summed E-state index contributed by atoms with van der Waals surface area (Å²) in [5.74, 6) is 0. The van der Waals surface area contributed by atoms with Gasteiger partial charge in [0.15, 0.2) is 0 Å². The van der Waals surface area contributed by atoms with E-state index in [1.54, 1.807) is 0 Å². The summed E-state index contributed by atoms with van der Waals surface area (Å²) in [5.41, 5.74) is 2.57. The van der Waals surface area contributed by atoms with Crippen LogP contribution in [0.15, 0.2) is 18.3 Å². The predicted molar refractivity (Wildman–Crippen MR) is 88.3 cm³/mol. The molecule has 1 rings (SSSR count). The molecular formula is C17H31N3. The number of hydrogen-bond donors (Lipinski definition) is 1. The topological polar surface area (TPSA) is 28.2 Å². The number of aromatic nitrogens is 1. The number of pyridine rings is 1. The first-order valence-corrected chi connectivity index (χ1v) is 7.73. The van der Waals surface area contributed by atoms with E-state index in [9.17, 15) is 0 Å². The van der Waals surface area contributed by atoms with E-state index in [4.69, 9.17) is 0 Å². The van der Waals surface area contributed by atoms with E-state index in [2.05, 4.69) is 75.9 Å². The number of nitrogens with zero attached hydrogens (tertiary/aromatic N) is 2. The molecule has 1 aromatic rings. The van der Waals surface area contributed by atoms with E-state index < -0.39 is 0 Å². The lowest BCUT2D eigenvalue weighted by atomic mass is 9.87. The van der Waals surface area contributed by atoms with Gasteiger partial charge in [0.25, 0.3) is 0 Å². The first-order chi connectivity index (χ1) is 9.31. The molecular weight excluding hydrogens is 246 g/mol. The highest BCUT2D eigenvalue weighted by molar-refractivity contribution is 5.45. The van der Waals surface area contributed by atoms with Crippen LogP contribution in [0.5, 0.6) is 0 Å². The fourth-order valence-electron chi connectivity index (χ4n) is 2.32. The lowest BCUT2D eigenvalue weighted by Gasteiger charge is -2.36. The average molecular weight is 277 g/mol. The molecule has 114 valence electrons. The molecule has 3 nitrogen and oxygen atoms in total. The van der Waals surface area contributed by atoms with Crippen molar-refractivity contribution in [1.29, 1.82) is 0 Å². The Bertz CT molecular complexity index is 392. The van der Waals surface area contributed by atoms with Gasteiger partial charge >= 0.3 is 0 Å². The number of nitrogens with one attached hydrogen (secondary N) is 1. The first-order valence-electron chi connectivity index (χ1n) is 7.73. The Balaban J connectivity index is 2.85. The van der Waals surface area contributed by atoms with Crippen LogP contribution in [0.1, 0.15) is 59.7 Å².